The van der Waals surface area contributed by atoms with Gasteiger partial charge in [0.2, 0.25) is 0 Å². The van der Waals surface area contributed by atoms with Gasteiger partial charge in [-0.3, -0.25) is 0 Å². The first kappa shape index (κ1) is 16.0. The van der Waals surface area contributed by atoms with Crippen molar-refractivity contribution in [3.05, 3.63) is 0 Å². The second kappa shape index (κ2) is 10.2. The minimum atomic E-state index is -3.14. The molecule has 0 aromatic rings. The number of rotatable bonds is 0. The molecule has 17 heavy (non-hydrogen) atoms. The molecule has 0 saturated carbocycles. The molecule has 0 nitrogen and oxygen atoms in total. The van der Waals surface area contributed by atoms with Gasteiger partial charge in [0.05, 0.1) is 0 Å². The topological polar surface area (TPSA) is 0 Å². The van der Waals surface area contributed by atoms with Crippen molar-refractivity contribution in [2.75, 3.05) is 0 Å². The van der Waals surface area contributed by atoms with E-state index >= 15 is 0 Å². The van der Waals surface area contributed by atoms with Crippen molar-refractivity contribution < 1.29 is 0 Å². The Morgan fingerprint density at radius 2 is 0.765 bits per heavy atom. The molecular weight excluding hydrogens is 311 g/mol. The Balaban J connectivity index is 5.51. The summed E-state index contributed by atoms with van der Waals surface area (Å²) in [6.07, 6.45) is 3.42. The Bertz CT molecular complexity index is 361. The van der Waals surface area contributed by atoms with Gasteiger partial charge in [0.15, 0.2) is 0 Å². The van der Waals surface area contributed by atoms with E-state index in [4.69, 9.17) is 0 Å². The average molecular weight is 331 g/mol. The summed E-state index contributed by atoms with van der Waals surface area (Å²) in [5.74, 6) is 12.6. The van der Waals surface area contributed by atoms with Crippen LogP contribution >= 0.6 is 0 Å². The van der Waals surface area contributed by atoms with Gasteiger partial charge in [0, 0.05) is 0 Å². The zero-order valence-electron chi connectivity index (χ0n) is 11.3. The van der Waals surface area contributed by atoms with Crippen molar-refractivity contribution in [1.82, 2.24) is 0 Å². The molecule has 0 bridgehead atoms. The zero-order valence-corrected chi connectivity index (χ0v) is 14.2. The Labute approximate surface area is 111 Å². The molecule has 0 aliphatic heterocycles. The molecule has 0 spiro atoms. The molecule has 0 aromatic carbocycles. The molecule has 0 rings (SSSR count). The van der Waals surface area contributed by atoms with E-state index in [9.17, 15) is 0 Å². The molecule has 1 heteroatoms. The summed E-state index contributed by atoms with van der Waals surface area (Å²) in [5, 5.41) is 0. The minimum absolute atomic E-state index is 0.855. The molecule has 0 aliphatic carbocycles. The van der Waals surface area contributed by atoms with Gasteiger partial charge in [-0.15, -0.1) is 0 Å². The van der Waals surface area contributed by atoms with Gasteiger partial charge in [-0.1, -0.05) is 0 Å². The van der Waals surface area contributed by atoms with Crippen LogP contribution in [0.25, 0.3) is 0 Å². The van der Waals surface area contributed by atoms with Gasteiger partial charge < -0.3 is 0 Å². The van der Waals surface area contributed by atoms with E-state index in [0.29, 0.717) is 0 Å². The average Bonchev–Trinajstić information content (AvgIpc) is 2.37. The fourth-order valence-electron chi connectivity index (χ4n) is 1.07. The van der Waals surface area contributed by atoms with Crippen LogP contribution in [0.3, 0.4) is 0 Å². The molecule has 0 unspecified atom stereocenters. The Morgan fingerprint density at radius 3 is 0.941 bits per heavy atom. The summed E-state index contributed by atoms with van der Waals surface area (Å²) in [6.45, 7) is 8.21. The van der Waals surface area contributed by atoms with Crippen molar-refractivity contribution in [3.8, 4) is 39.4 Å². The van der Waals surface area contributed by atoms with Crippen LogP contribution in [0.1, 0.15) is 53.4 Å². The van der Waals surface area contributed by atoms with Gasteiger partial charge >= 0.3 is 111 Å². The first-order valence-corrected chi connectivity index (χ1v) is 12.0. The van der Waals surface area contributed by atoms with Crippen LogP contribution in [0, 0.1) is 39.4 Å². The Morgan fingerprint density at radius 1 is 0.529 bits per heavy atom. The van der Waals surface area contributed by atoms with E-state index < -0.39 is 18.4 Å². The molecule has 0 radical (unpaired) electrons. The first-order valence-electron chi connectivity index (χ1n) is 6.24. The summed E-state index contributed by atoms with van der Waals surface area (Å²) >= 11 is -3.14. The van der Waals surface area contributed by atoms with Gasteiger partial charge in [-0.25, -0.2) is 0 Å². The number of hydrogen-bond acceptors (Lipinski definition) is 0. The van der Waals surface area contributed by atoms with Crippen molar-refractivity contribution in [1.29, 1.82) is 0 Å². The van der Waals surface area contributed by atoms with Crippen LogP contribution in [0.15, 0.2) is 0 Å². The molecule has 0 N–H and O–H groups in total. The predicted molar refractivity (Wildman–Crippen MR) is 78.0 cm³/mol. The normalized spacial score (nSPS) is 8.24. The SMILES string of the molecule is CCC#[C][Sn]([C]#CCC)([C]#CCC)[C]#CCC. The van der Waals surface area contributed by atoms with Crippen molar-refractivity contribution in [3.63, 3.8) is 0 Å². The molecule has 0 aliphatic rings. The molecule has 0 amide bonds. The van der Waals surface area contributed by atoms with E-state index in [1.807, 2.05) is 0 Å². The summed E-state index contributed by atoms with van der Waals surface area (Å²) in [5.41, 5.74) is 0. The van der Waals surface area contributed by atoms with Crippen molar-refractivity contribution in [2.45, 2.75) is 53.4 Å². The van der Waals surface area contributed by atoms with Crippen LogP contribution < -0.4 is 0 Å². The van der Waals surface area contributed by atoms with Crippen molar-refractivity contribution >= 4 is 18.4 Å². The van der Waals surface area contributed by atoms with Crippen LogP contribution in [0.2, 0.25) is 0 Å². The maximum atomic E-state index is 3.33. The fraction of sp³-hybridized carbons (Fsp3) is 0.500. The Hall–Kier alpha value is -0.961. The summed E-state index contributed by atoms with van der Waals surface area (Å²) < 4.78 is 13.3. The number of hydrogen-bond donors (Lipinski definition) is 0. The molecule has 88 valence electrons. The fourth-order valence-corrected chi connectivity index (χ4v) is 7.19. The molecule has 0 atom stereocenters. The zero-order chi connectivity index (χ0) is 13.0. The molecule has 0 saturated heterocycles. The third kappa shape index (κ3) is 7.05. The standard InChI is InChI=1S/4C4H5.Sn/c4*1-3-4-2;/h4*3H2,1H3;. The molecule has 0 heterocycles. The van der Waals surface area contributed by atoms with Gasteiger partial charge in [-0.2, -0.15) is 0 Å². The first-order chi connectivity index (χ1) is 8.24. The van der Waals surface area contributed by atoms with Gasteiger partial charge in [0.1, 0.15) is 0 Å². The summed E-state index contributed by atoms with van der Waals surface area (Å²) in [6, 6.07) is 0. The summed E-state index contributed by atoms with van der Waals surface area (Å²) in [4.78, 5) is 0. The van der Waals surface area contributed by atoms with Crippen LogP contribution in [-0.2, 0) is 0 Å². The molecule has 0 aromatic heterocycles. The van der Waals surface area contributed by atoms with E-state index in [1.54, 1.807) is 0 Å². The summed E-state index contributed by atoms with van der Waals surface area (Å²) in [7, 11) is 0. The monoisotopic (exact) mass is 332 g/mol. The van der Waals surface area contributed by atoms with Crippen LogP contribution in [0.4, 0.5) is 0 Å². The van der Waals surface area contributed by atoms with Crippen LogP contribution in [-0.4, -0.2) is 18.4 Å². The van der Waals surface area contributed by atoms with E-state index in [0.717, 1.165) is 25.7 Å². The maximum absolute atomic E-state index is 3.33. The van der Waals surface area contributed by atoms with E-state index in [1.165, 1.54) is 0 Å². The third-order valence-corrected chi connectivity index (χ3v) is 8.11. The van der Waals surface area contributed by atoms with Gasteiger partial charge in [0.25, 0.3) is 0 Å². The Kier molecular flexibility index (Phi) is 9.63. The molecular formula is C16H20Sn. The second-order valence-corrected chi connectivity index (χ2v) is 10.5. The second-order valence-electron chi connectivity index (χ2n) is 3.37. The molecule has 0 fully saturated rings. The quantitative estimate of drug-likeness (QED) is 0.472. The van der Waals surface area contributed by atoms with E-state index in [2.05, 4.69) is 67.1 Å². The predicted octanol–water partition coefficient (Wildman–Crippen LogP) is 3.25. The third-order valence-electron chi connectivity index (χ3n) is 1.81. The van der Waals surface area contributed by atoms with E-state index in [-0.39, 0.29) is 0 Å². The van der Waals surface area contributed by atoms with Crippen LogP contribution in [0.5, 0.6) is 0 Å². The van der Waals surface area contributed by atoms with Crippen molar-refractivity contribution in [2.24, 2.45) is 0 Å². The van der Waals surface area contributed by atoms with Gasteiger partial charge in [-0.05, 0) is 0 Å².